The maximum Gasteiger partial charge on any atom is 0.317 e. The molecule has 1 fully saturated rings. The van der Waals surface area contributed by atoms with Crippen LogP contribution in [0.3, 0.4) is 0 Å². The van der Waals surface area contributed by atoms with E-state index in [4.69, 9.17) is 4.42 Å². The van der Waals surface area contributed by atoms with Crippen molar-refractivity contribution in [2.75, 3.05) is 19.3 Å². The molecule has 1 aromatic heterocycles. The maximum absolute atomic E-state index is 12.2. The fourth-order valence-electron chi connectivity index (χ4n) is 2.92. The van der Waals surface area contributed by atoms with Gasteiger partial charge in [-0.15, -0.1) is 0 Å². The molecule has 1 aliphatic heterocycles. The van der Waals surface area contributed by atoms with Crippen LogP contribution in [-0.4, -0.2) is 43.9 Å². The number of furan rings is 1. The molecule has 2 heterocycles. The van der Waals surface area contributed by atoms with Crippen LogP contribution < -0.4 is 5.32 Å². The van der Waals surface area contributed by atoms with Gasteiger partial charge in [0.2, 0.25) is 0 Å². The number of benzene rings is 1. The molecular weight excluding hydrogens is 316 g/mol. The molecule has 0 bridgehead atoms. The van der Waals surface area contributed by atoms with Crippen LogP contribution in [-0.2, 0) is 16.4 Å². The van der Waals surface area contributed by atoms with Gasteiger partial charge >= 0.3 is 6.03 Å². The number of carbonyl (C=O) groups is 1. The van der Waals surface area contributed by atoms with E-state index < -0.39 is 15.1 Å². The second-order valence-corrected chi connectivity index (χ2v) is 8.32. The van der Waals surface area contributed by atoms with Crippen LogP contribution in [0, 0.1) is 6.92 Å². The highest BCUT2D eigenvalue weighted by Gasteiger charge is 2.32. The third kappa shape index (κ3) is 3.19. The molecular formula is C16H20N2O4S. The molecule has 0 unspecified atom stereocenters. The molecule has 124 valence electrons. The van der Waals surface area contributed by atoms with Crippen molar-refractivity contribution in [3.8, 4) is 0 Å². The van der Waals surface area contributed by atoms with Crippen LogP contribution in [0.15, 0.2) is 28.7 Å². The Bertz CT molecular complexity index is 841. The number of likely N-dealkylation sites (tertiary alicyclic amines) is 1. The number of aryl methyl sites for hydroxylation is 1. The first-order valence-electron chi connectivity index (χ1n) is 7.55. The molecule has 1 aliphatic rings. The van der Waals surface area contributed by atoms with E-state index in [1.807, 2.05) is 31.2 Å². The Kier molecular flexibility index (Phi) is 4.06. The summed E-state index contributed by atoms with van der Waals surface area (Å²) in [7, 11) is -3.10. The third-order valence-electron chi connectivity index (χ3n) is 4.38. The minimum atomic E-state index is -3.10. The lowest BCUT2D eigenvalue weighted by Crippen LogP contribution is -2.39. The molecule has 0 aliphatic carbocycles. The summed E-state index contributed by atoms with van der Waals surface area (Å²) >= 11 is 0. The molecule has 0 spiro atoms. The van der Waals surface area contributed by atoms with Crippen molar-refractivity contribution in [2.45, 2.75) is 25.1 Å². The average molecular weight is 336 g/mol. The molecule has 6 nitrogen and oxygen atoms in total. The Morgan fingerprint density at radius 2 is 2.13 bits per heavy atom. The van der Waals surface area contributed by atoms with Crippen molar-refractivity contribution in [3.63, 3.8) is 0 Å². The van der Waals surface area contributed by atoms with E-state index in [9.17, 15) is 13.2 Å². The zero-order valence-corrected chi connectivity index (χ0v) is 14.0. The van der Waals surface area contributed by atoms with Gasteiger partial charge < -0.3 is 14.6 Å². The van der Waals surface area contributed by atoms with Gasteiger partial charge in [0.25, 0.3) is 0 Å². The van der Waals surface area contributed by atoms with Crippen molar-refractivity contribution in [1.82, 2.24) is 10.2 Å². The summed E-state index contributed by atoms with van der Waals surface area (Å²) in [6, 6.07) is 7.48. The van der Waals surface area contributed by atoms with Gasteiger partial charge in [-0.3, -0.25) is 0 Å². The van der Waals surface area contributed by atoms with Gasteiger partial charge in [-0.2, -0.15) is 0 Å². The number of nitrogens with one attached hydrogen (secondary N) is 1. The zero-order valence-electron chi connectivity index (χ0n) is 13.2. The SMILES string of the molecule is Cc1c(CNC(=O)N2CC[C@H](S(C)(=O)=O)C2)oc2ccccc12. The molecule has 1 N–H and O–H groups in total. The van der Waals surface area contributed by atoms with Gasteiger partial charge in [0, 0.05) is 30.3 Å². The van der Waals surface area contributed by atoms with E-state index >= 15 is 0 Å². The van der Waals surface area contributed by atoms with Gasteiger partial charge in [-0.05, 0) is 19.4 Å². The first-order chi connectivity index (χ1) is 10.9. The minimum Gasteiger partial charge on any atom is -0.459 e. The molecule has 2 aromatic rings. The summed E-state index contributed by atoms with van der Waals surface area (Å²) in [6.45, 7) is 2.97. The summed E-state index contributed by atoms with van der Waals surface area (Å²) < 4.78 is 28.9. The lowest BCUT2D eigenvalue weighted by atomic mass is 10.1. The van der Waals surface area contributed by atoms with Crippen LogP contribution >= 0.6 is 0 Å². The van der Waals surface area contributed by atoms with Gasteiger partial charge in [0.1, 0.15) is 11.3 Å². The summed E-state index contributed by atoms with van der Waals surface area (Å²) in [5.74, 6) is 0.721. The largest absolute Gasteiger partial charge is 0.459 e. The number of para-hydroxylation sites is 1. The fraction of sp³-hybridized carbons (Fsp3) is 0.438. The summed E-state index contributed by atoms with van der Waals surface area (Å²) in [5, 5.41) is 3.39. The van der Waals surface area contributed by atoms with Gasteiger partial charge in [-0.1, -0.05) is 18.2 Å². The molecule has 7 heteroatoms. The van der Waals surface area contributed by atoms with Crippen molar-refractivity contribution >= 4 is 26.8 Å². The molecule has 2 amide bonds. The monoisotopic (exact) mass is 336 g/mol. The Morgan fingerprint density at radius 3 is 2.78 bits per heavy atom. The Balaban J connectivity index is 1.64. The van der Waals surface area contributed by atoms with Crippen molar-refractivity contribution in [3.05, 3.63) is 35.6 Å². The van der Waals surface area contributed by atoms with Crippen molar-refractivity contribution < 1.29 is 17.6 Å². The molecule has 23 heavy (non-hydrogen) atoms. The number of carbonyl (C=O) groups excluding carboxylic acids is 1. The number of hydrogen-bond acceptors (Lipinski definition) is 4. The normalized spacial score (nSPS) is 18.5. The van der Waals surface area contributed by atoms with Gasteiger partial charge in [0.15, 0.2) is 9.84 Å². The number of rotatable bonds is 3. The molecule has 1 saturated heterocycles. The topological polar surface area (TPSA) is 79.6 Å². The lowest BCUT2D eigenvalue weighted by molar-refractivity contribution is 0.207. The summed E-state index contributed by atoms with van der Waals surface area (Å²) in [5.41, 5.74) is 1.81. The molecule has 0 saturated carbocycles. The zero-order chi connectivity index (χ0) is 16.6. The van der Waals surface area contributed by atoms with Crippen molar-refractivity contribution in [1.29, 1.82) is 0 Å². The Morgan fingerprint density at radius 1 is 1.39 bits per heavy atom. The number of sulfone groups is 1. The maximum atomic E-state index is 12.2. The highest BCUT2D eigenvalue weighted by Crippen LogP contribution is 2.24. The van der Waals surface area contributed by atoms with Crippen molar-refractivity contribution in [2.24, 2.45) is 0 Å². The predicted octanol–water partition coefficient (Wildman–Crippen LogP) is 2.07. The highest BCUT2D eigenvalue weighted by atomic mass is 32.2. The second kappa shape index (κ2) is 5.88. The van der Waals surface area contributed by atoms with Crippen LogP contribution in [0.2, 0.25) is 0 Å². The highest BCUT2D eigenvalue weighted by molar-refractivity contribution is 7.91. The smallest absolute Gasteiger partial charge is 0.317 e. The number of nitrogens with zero attached hydrogens (tertiary/aromatic N) is 1. The number of hydrogen-bond donors (Lipinski definition) is 1. The fourth-order valence-corrected chi connectivity index (χ4v) is 3.91. The van der Waals surface area contributed by atoms with Gasteiger partial charge in [-0.25, -0.2) is 13.2 Å². The quantitative estimate of drug-likeness (QED) is 0.930. The number of fused-ring (bicyclic) bond motifs is 1. The molecule has 1 aromatic carbocycles. The lowest BCUT2D eigenvalue weighted by Gasteiger charge is -2.16. The minimum absolute atomic E-state index is 0.254. The van der Waals surface area contributed by atoms with Crippen LogP contribution in [0.1, 0.15) is 17.7 Å². The van der Waals surface area contributed by atoms with E-state index in [0.717, 1.165) is 22.3 Å². The van der Waals surface area contributed by atoms with E-state index in [2.05, 4.69) is 5.32 Å². The van der Waals surface area contributed by atoms with Crippen LogP contribution in [0.25, 0.3) is 11.0 Å². The molecule has 1 atom stereocenters. The van der Waals surface area contributed by atoms with Crippen LogP contribution in [0.5, 0.6) is 0 Å². The second-order valence-electron chi connectivity index (χ2n) is 5.99. The standard InChI is InChI=1S/C16H20N2O4S/c1-11-13-5-3-4-6-14(13)22-15(11)9-17-16(19)18-8-7-12(10-18)23(2,20)21/h3-6,12H,7-10H2,1-2H3,(H,17,19)/t12-/m0/s1. The Hall–Kier alpha value is -2.02. The first-order valence-corrected chi connectivity index (χ1v) is 9.50. The first kappa shape index (κ1) is 15.9. The van der Waals surface area contributed by atoms with E-state index in [1.165, 1.54) is 6.26 Å². The number of amides is 2. The summed E-state index contributed by atoms with van der Waals surface area (Å²) in [6.07, 6.45) is 1.72. The predicted molar refractivity (Wildman–Crippen MR) is 88.0 cm³/mol. The summed E-state index contributed by atoms with van der Waals surface area (Å²) in [4.78, 5) is 13.7. The van der Waals surface area contributed by atoms with Crippen LogP contribution in [0.4, 0.5) is 4.79 Å². The van der Waals surface area contributed by atoms with E-state index in [0.29, 0.717) is 19.5 Å². The number of urea groups is 1. The third-order valence-corrected chi connectivity index (χ3v) is 5.98. The van der Waals surface area contributed by atoms with Gasteiger partial charge in [0.05, 0.1) is 11.8 Å². The average Bonchev–Trinajstić information content (AvgIpc) is 3.11. The van der Waals surface area contributed by atoms with E-state index in [-0.39, 0.29) is 12.6 Å². The van der Waals surface area contributed by atoms with E-state index in [1.54, 1.807) is 4.90 Å². The molecule has 3 rings (SSSR count). The Labute approximate surface area is 135 Å². The molecule has 0 radical (unpaired) electrons.